The van der Waals surface area contributed by atoms with Gasteiger partial charge < -0.3 is 0 Å². The summed E-state index contributed by atoms with van der Waals surface area (Å²) in [6.07, 6.45) is 3.89. The Balaban J connectivity index is 1.08. The van der Waals surface area contributed by atoms with Crippen molar-refractivity contribution >= 4 is 37.2 Å². The van der Waals surface area contributed by atoms with E-state index in [0.29, 0.717) is 17.8 Å². The van der Waals surface area contributed by atoms with Crippen molar-refractivity contribution in [2.24, 2.45) is 11.8 Å². The Morgan fingerprint density at radius 2 is 1.35 bits per heavy atom. The molecular weight excluding hydrogens is 613 g/mol. The van der Waals surface area contributed by atoms with E-state index in [-0.39, 0.29) is 10.8 Å². The quantitative estimate of drug-likeness (QED) is 0.190. The van der Waals surface area contributed by atoms with Crippen LogP contribution < -0.4 is 0 Å². The van der Waals surface area contributed by atoms with E-state index >= 15 is 0 Å². The van der Waals surface area contributed by atoms with Gasteiger partial charge in [0.1, 0.15) is 0 Å². The molecule has 0 amide bonds. The molecule has 0 saturated heterocycles. The van der Waals surface area contributed by atoms with Crippen molar-refractivity contribution in [3.63, 3.8) is 0 Å². The molecule has 0 spiro atoms. The van der Waals surface area contributed by atoms with Crippen LogP contribution in [0, 0.1) is 11.8 Å². The number of benzene rings is 5. The molecule has 10 rings (SSSR count). The third kappa shape index (κ3) is 4.12. The van der Waals surface area contributed by atoms with Gasteiger partial charge in [-0.1, -0.05) is 149 Å². The van der Waals surface area contributed by atoms with Gasteiger partial charge in [-0.05, 0) is 74.1 Å². The zero-order valence-electron chi connectivity index (χ0n) is 28.4. The van der Waals surface area contributed by atoms with E-state index in [1.165, 1.54) is 44.3 Å². The second-order valence-corrected chi connectivity index (χ2v) is 16.5. The molecule has 49 heavy (non-hydrogen) atoms. The third-order valence-corrected chi connectivity index (χ3v) is 13.4. The van der Waals surface area contributed by atoms with Gasteiger partial charge in [0.2, 0.25) is 0 Å². The number of hydrogen-bond acceptors (Lipinski definition) is 3. The Morgan fingerprint density at radius 1 is 0.633 bits per heavy atom. The topological polar surface area (TPSA) is 25.8 Å². The molecule has 3 aliphatic rings. The SMILES string of the molecule is CC1(C)c2c(cccc2-c2ccc(-c3nc(-c4ccccc4)nc4c3sc3ccccc34)cc2)C2=CC3c4ccccc4C(C)(C)C3CC21. The van der Waals surface area contributed by atoms with Gasteiger partial charge in [-0.2, -0.15) is 0 Å². The minimum atomic E-state index is 0.0345. The second kappa shape index (κ2) is 10.3. The van der Waals surface area contributed by atoms with Crippen LogP contribution in [-0.4, -0.2) is 9.97 Å². The Bertz CT molecular complexity index is 2480. The summed E-state index contributed by atoms with van der Waals surface area (Å²) in [5, 5.41) is 1.19. The van der Waals surface area contributed by atoms with Gasteiger partial charge in [-0.25, -0.2) is 9.97 Å². The molecule has 0 N–H and O–H groups in total. The number of nitrogens with zero attached hydrogens (tertiary/aromatic N) is 2. The Morgan fingerprint density at radius 3 is 2.18 bits per heavy atom. The fourth-order valence-corrected chi connectivity index (χ4v) is 10.9. The first-order valence-electron chi connectivity index (χ1n) is 17.6. The lowest BCUT2D eigenvalue weighted by Crippen LogP contribution is -2.35. The van der Waals surface area contributed by atoms with Gasteiger partial charge in [0.15, 0.2) is 5.82 Å². The van der Waals surface area contributed by atoms with Crippen molar-refractivity contribution in [2.45, 2.75) is 50.9 Å². The standard InChI is InChI=1S/C46H38N2S/c1-45(2)36-19-10-8-15-31(36)34-25-35-32-18-12-17-30(40(32)46(3,4)38(35)26-37(34)45)27-21-23-28(24-22-27)41-43-42(33-16-9-11-20-39(33)49-43)48-44(47-41)29-13-6-5-7-14-29/h5-25,34,37-38H,26H2,1-4H3. The van der Waals surface area contributed by atoms with Crippen LogP contribution in [0.25, 0.3) is 59.6 Å². The summed E-state index contributed by atoms with van der Waals surface area (Å²) in [5.74, 6) is 2.39. The number of hydrogen-bond donors (Lipinski definition) is 0. The molecule has 3 unspecified atom stereocenters. The van der Waals surface area contributed by atoms with Gasteiger partial charge in [0, 0.05) is 27.1 Å². The predicted octanol–water partition coefficient (Wildman–Crippen LogP) is 12.2. The Hall–Kier alpha value is -4.86. The third-order valence-electron chi connectivity index (χ3n) is 12.2. The molecule has 2 nitrogen and oxygen atoms in total. The first-order chi connectivity index (χ1) is 23.8. The van der Waals surface area contributed by atoms with Gasteiger partial charge in [0.05, 0.1) is 15.9 Å². The monoisotopic (exact) mass is 650 g/mol. The minimum absolute atomic E-state index is 0.0345. The average Bonchev–Trinajstić information content (AvgIpc) is 3.71. The molecule has 0 radical (unpaired) electrons. The van der Waals surface area contributed by atoms with Crippen LogP contribution in [0.5, 0.6) is 0 Å². The molecule has 2 heterocycles. The zero-order valence-corrected chi connectivity index (χ0v) is 29.2. The van der Waals surface area contributed by atoms with Crippen molar-refractivity contribution in [1.29, 1.82) is 0 Å². The predicted molar refractivity (Wildman–Crippen MR) is 206 cm³/mol. The fraction of sp³-hybridized carbons (Fsp3) is 0.217. The van der Waals surface area contributed by atoms with Crippen LogP contribution in [0.3, 0.4) is 0 Å². The summed E-state index contributed by atoms with van der Waals surface area (Å²) < 4.78 is 2.38. The number of allylic oxidation sites excluding steroid dienone is 2. The fourth-order valence-electron chi connectivity index (χ4n) is 9.75. The number of rotatable bonds is 3. The zero-order chi connectivity index (χ0) is 33.1. The molecule has 0 fully saturated rings. The average molecular weight is 651 g/mol. The Labute approximate surface area is 292 Å². The normalized spacial score (nSPS) is 21.2. The van der Waals surface area contributed by atoms with E-state index in [2.05, 4.69) is 149 Å². The van der Waals surface area contributed by atoms with E-state index in [4.69, 9.17) is 9.97 Å². The highest BCUT2D eigenvalue weighted by molar-refractivity contribution is 7.26. The number of fused-ring (bicyclic) bond motifs is 9. The van der Waals surface area contributed by atoms with E-state index in [1.54, 1.807) is 22.5 Å². The lowest BCUT2D eigenvalue weighted by atomic mass is 9.63. The van der Waals surface area contributed by atoms with Crippen molar-refractivity contribution < 1.29 is 0 Å². The highest BCUT2D eigenvalue weighted by atomic mass is 32.1. The summed E-state index contributed by atoms with van der Waals surface area (Å²) in [4.78, 5) is 10.3. The van der Waals surface area contributed by atoms with Gasteiger partial charge in [-0.15, -0.1) is 11.3 Å². The molecule has 3 atom stereocenters. The van der Waals surface area contributed by atoms with Crippen molar-refractivity contribution in [3.05, 3.63) is 150 Å². The molecule has 238 valence electrons. The minimum Gasteiger partial charge on any atom is -0.226 e. The van der Waals surface area contributed by atoms with Crippen molar-refractivity contribution in [2.75, 3.05) is 0 Å². The maximum atomic E-state index is 5.22. The maximum absolute atomic E-state index is 5.22. The van der Waals surface area contributed by atoms with E-state index in [0.717, 1.165) is 32.9 Å². The number of thiophene rings is 1. The summed E-state index contributed by atoms with van der Waals surface area (Å²) >= 11 is 1.79. The van der Waals surface area contributed by atoms with Crippen LogP contribution in [0.2, 0.25) is 0 Å². The highest BCUT2D eigenvalue weighted by Crippen LogP contribution is 2.64. The molecular formula is C46H38N2S. The van der Waals surface area contributed by atoms with Gasteiger partial charge in [0.25, 0.3) is 0 Å². The summed E-state index contributed by atoms with van der Waals surface area (Å²) in [7, 11) is 0. The summed E-state index contributed by atoms with van der Waals surface area (Å²) in [6, 6.07) is 44.3. The van der Waals surface area contributed by atoms with E-state index in [1.807, 2.05) is 6.07 Å². The molecule has 7 aromatic rings. The molecule has 3 heteroatoms. The van der Waals surface area contributed by atoms with Crippen molar-refractivity contribution in [1.82, 2.24) is 9.97 Å². The van der Waals surface area contributed by atoms with Gasteiger partial charge in [-0.3, -0.25) is 0 Å². The van der Waals surface area contributed by atoms with Crippen LogP contribution in [0.1, 0.15) is 62.3 Å². The lowest BCUT2D eigenvalue weighted by molar-refractivity contribution is 0.234. The molecule has 3 aliphatic carbocycles. The summed E-state index contributed by atoms with van der Waals surface area (Å²) in [6.45, 7) is 9.94. The molecule has 0 aliphatic heterocycles. The van der Waals surface area contributed by atoms with E-state index < -0.39 is 0 Å². The molecule has 5 aromatic carbocycles. The number of aromatic nitrogens is 2. The highest BCUT2D eigenvalue weighted by Gasteiger charge is 2.54. The van der Waals surface area contributed by atoms with Crippen LogP contribution in [0.15, 0.2) is 127 Å². The molecule has 0 bridgehead atoms. The largest absolute Gasteiger partial charge is 0.226 e. The van der Waals surface area contributed by atoms with Crippen LogP contribution in [0.4, 0.5) is 0 Å². The first kappa shape index (κ1) is 29.1. The first-order valence-corrected chi connectivity index (χ1v) is 18.4. The second-order valence-electron chi connectivity index (χ2n) is 15.4. The van der Waals surface area contributed by atoms with Gasteiger partial charge >= 0.3 is 0 Å². The lowest BCUT2D eigenvalue weighted by Gasteiger charge is -2.41. The van der Waals surface area contributed by atoms with Crippen molar-refractivity contribution in [3.8, 4) is 33.8 Å². The Kier molecular flexibility index (Phi) is 6.13. The molecule has 0 saturated carbocycles. The summed E-state index contributed by atoms with van der Waals surface area (Å²) in [5.41, 5.74) is 14.6. The van der Waals surface area contributed by atoms with E-state index in [9.17, 15) is 0 Å². The van der Waals surface area contributed by atoms with Crippen LogP contribution in [-0.2, 0) is 10.8 Å². The molecule has 2 aromatic heterocycles. The smallest absolute Gasteiger partial charge is 0.160 e. The van der Waals surface area contributed by atoms with Crippen LogP contribution >= 0.6 is 11.3 Å². The maximum Gasteiger partial charge on any atom is 0.160 e.